The lowest BCUT2D eigenvalue weighted by atomic mass is 9.95. The summed E-state index contributed by atoms with van der Waals surface area (Å²) in [4.78, 5) is 38.0. The van der Waals surface area contributed by atoms with Crippen LogP contribution in [0.25, 0.3) is 5.57 Å². The Bertz CT molecular complexity index is 804. The number of carbonyl (C=O) groups is 3. The fourth-order valence-electron chi connectivity index (χ4n) is 3.62. The van der Waals surface area contributed by atoms with E-state index in [2.05, 4.69) is 5.32 Å². The second-order valence-corrected chi connectivity index (χ2v) is 6.92. The molecule has 0 radical (unpaired) electrons. The van der Waals surface area contributed by atoms with Crippen LogP contribution in [0.4, 0.5) is 15.3 Å². The number of fused-ring (bicyclic) bond motifs is 1. The van der Waals surface area contributed by atoms with Crippen molar-refractivity contribution in [1.29, 1.82) is 0 Å². The summed E-state index contributed by atoms with van der Waals surface area (Å²) < 4.78 is 10.4. The lowest BCUT2D eigenvalue weighted by Crippen LogP contribution is -2.36. The lowest BCUT2D eigenvalue weighted by Gasteiger charge is -2.26. The molecule has 1 aromatic carbocycles. The van der Waals surface area contributed by atoms with Crippen LogP contribution >= 0.6 is 0 Å². The van der Waals surface area contributed by atoms with Crippen LogP contribution in [-0.4, -0.2) is 61.4 Å². The standard InChI is InChI=1S/C19H21N3O5/c1-12(23)20-9-17-10-22(19(25)27-17)15-4-2-13(3-5-15)14-6-7-21-16(8-14)11-26-18(21)24/h2-6,16-17H,7-11H2,1H3,(H,20,23). The van der Waals surface area contributed by atoms with Crippen molar-refractivity contribution in [3.8, 4) is 0 Å². The van der Waals surface area contributed by atoms with Gasteiger partial charge >= 0.3 is 12.2 Å². The number of nitrogens with one attached hydrogen (secondary N) is 1. The average molecular weight is 371 g/mol. The van der Waals surface area contributed by atoms with Crippen molar-refractivity contribution in [3.63, 3.8) is 0 Å². The van der Waals surface area contributed by atoms with E-state index < -0.39 is 6.09 Å². The van der Waals surface area contributed by atoms with E-state index >= 15 is 0 Å². The molecule has 142 valence electrons. The van der Waals surface area contributed by atoms with Crippen molar-refractivity contribution in [2.45, 2.75) is 25.5 Å². The Balaban J connectivity index is 1.42. The van der Waals surface area contributed by atoms with Gasteiger partial charge in [0.15, 0.2) is 0 Å². The Labute approximate surface area is 156 Å². The normalized spacial score (nSPS) is 24.3. The molecule has 0 saturated carbocycles. The van der Waals surface area contributed by atoms with Gasteiger partial charge in [-0.2, -0.15) is 0 Å². The van der Waals surface area contributed by atoms with E-state index in [-0.39, 0.29) is 24.1 Å². The van der Waals surface area contributed by atoms with Gasteiger partial charge in [0.25, 0.3) is 0 Å². The van der Waals surface area contributed by atoms with Gasteiger partial charge in [-0.05, 0) is 29.7 Å². The maximum atomic E-state index is 12.1. The molecule has 2 unspecified atom stereocenters. The summed E-state index contributed by atoms with van der Waals surface area (Å²) in [6.07, 6.45) is 1.80. The molecule has 3 amide bonds. The molecule has 2 saturated heterocycles. The molecule has 1 N–H and O–H groups in total. The van der Waals surface area contributed by atoms with Gasteiger partial charge in [-0.1, -0.05) is 18.2 Å². The van der Waals surface area contributed by atoms with E-state index in [1.165, 1.54) is 12.5 Å². The van der Waals surface area contributed by atoms with Crippen molar-refractivity contribution in [2.75, 3.05) is 31.1 Å². The van der Waals surface area contributed by atoms with Gasteiger partial charge in [-0.3, -0.25) is 14.6 Å². The maximum absolute atomic E-state index is 12.1. The number of rotatable bonds is 4. The summed E-state index contributed by atoms with van der Waals surface area (Å²) >= 11 is 0. The first-order valence-corrected chi connectivity index (χ1v) is 8.96. The number of benzene rings is 1. The number of hydrogen-bond donors (Lipinski definition) is 1. The zero-order valence-electron chi connectivity index (χ0n) is 15.0. The highest BCUT2D eigenvalue weighted by molar-refractivity contribution is 5.90. The first-order chi connectivity index (χ1) is 13.0. The monoisotopic (exact) mass is 371 g/mol. The molecule has 1 aromatic rings. The van der Waals surface area contributed by atoms with Crippen molar-refractivity contribution in [1.82, 2.24) is 10.2 Å². The van der Waals surface area contributed by atoms with Crippen LogP contribution < -0.4 is 10.2 Å². The van der Waals surface area contributed by atoms with E-state index in [1.54, 1.807) is 9.80 Å². The van der Waals surface area contributed by atoms with Gasteiger partial charge in [0.2, 0.25) is 5.91 Å². The zero-order chi connectivity index (χ0) is 19.0. The molecule has 0 aliphatic carbocycles. The molecule has 8 heteroatoms. The molecule has 0 aromatic heterocycles. The highest BCUT2D eigenvalue weighted by Crippen LogP contribution is 2.31. The summed E-state index contributed by atoms with van der Waals surface area (Å²) in [7, 11) is 0. The molecule has 3 heterocycles. The van der Waals surface area contributed by atoms with Crippen LogP contribution in [0.3, 0.4) is 0 Å². The minimum absolute atomic E-state index is 0.0975. The third-order valence-corrected chi connectivity index (χ3v) is 5.07. The predicted octanol–water partition coefficient (Wildman–Crippen LogP) is 1.76. The minimum atomic E-state index is -0.410. The first kappa shape index (κ1) is 17.4. The Hall–Kier alpha value is -3.03. The van der Waals surface area contributed by atoms with E-state index in [9.17, 15) is 14.4 Å². The van der Waals surface area contributed by atoms with Crippen molar-refractivity contribution >= 4 is 29.4 Å². The molecule has 2 fully saturated rings. The molecule has 3 aliphatic rings. The molecule has 4 rings (SSSR count). The van der Waals surface area contributed by atoms with Crippen LogP contribution in [0.15, 0.2) is 30.3 Å². The van der Waals surface area contributed by atoms with Gasteiger partial charge < -0.3 is 14.8 Å². The quantitative estimate of drug-likeness (QED) is 0.871. The molecule has 2 atom stereocenters. The van der Waals surface area contributed by atoms with Gasteiger partial charge in [0.05, 0.1) is 19.1 Å². The number of anilines is 1. The Morgan fingerprint density at radius 2 is 2.00 bits per heavy atom. The van der Waals surface area contributed by atoms with Crippen LogP contribution in [-0.2, 0) is 14.3 Å². The topological polar surface area (TPSA) is 88.2 Å². The summed E-state index contributed by atoms with van der Waals surface area (Å²) in [5, 5.41) is 2.67. The molecule has 27 heavy (non-hydrogen) atoms. The number of amides is 3. The van der Waals surface area contributed by atoms with Crippen LogP contribution in [0.5, 0.6) is 0 Å². The Morgan fingerprint density at radius 1 is 1.22 bits per heavy atom. The molecular formula is C19H21N3O5. The molecular weight excluding hydrogens is 350 g/mol. The fraction of sp³-hybridized carbons (Fsp3) is 0.421. The number of carbonyl (C=O) groups excluding carboxylic acids is 3. The summed E-state index contributed by atoms with van der Waals surface area (Å²) in [6.45, 7) is 3.13. The van der Waals surface area contributed by atoms with Gasteiger partial charge in [-0.25, -0.2) is 9.59 Å². The van der Waals surface area contributed by atoms with Gasteiger partial charge in [0.1, 0.15) is 12.7 Å². The highest BCUT2D eigenvalue weighted by Gasteiger charge is 2.35. The van der Waals surface area contributed by atoms with E-state index in [0.717, 1.165) is 17.7 Å². The predicted molar refractivity (Wildman–Crippen MR) is 97.2 cm³/mol. The fourth-order valence-corrected chi connectivity index (χ4v) is 3.62. The van der Waals surface area contributed by atoms with E-state index in [4.69, 9.17) is 9.47 Å². The molecule has 0 bridgehead atoms. The number of cyclic esters (lactones) is 2. The largest absolute Gasteiger partial charge is 0.447 e. The zero-order valence-corrected chi connectivity index (χ0v) is 15.0. The minimum Gasteiger partial charge on any atom is -0.447 e. The molecule has 3 aliphatic heterocycles. The third-order valence-electron chi connectivity index (χ3n) is 5.07. The summed E-state index contributed by atoms with van der Waals surface area (Å²) in [5.41, 5.74) is 3.00. The second kappa shape index (κ2) is 6.94. The number of nitrogens with zero attached hydrogens (tertiary/aromatic N) is 2. The Morgan fingerprint density at radius 3 is 2.74 bits per heavy atom. The lowest BCUT2D eigenvalue weighted by molar-refractivity contribution is -0.119. The van der Waals surface area contributed by atoms with Crippen LogP contribution in [0.1, 0.15) is 18.9 Å². The number of hydrogen-bond acceptors (Lipinski definition) is 5. The van der Waals surface area contributed by atoms with Crippen LogP contribution in [0.2, 0.25) is 0 Å². The van der Waals surface area contributed by atoms with Crippen LogP contribution in [0, 0.1) is 0 Å². The first-order valence-electron chi connectivity index (χ1n) is 8.96. The van der Waals surface area contributed by atoms with Crippen molar-refractivity contribution in [3.05, 3.63) is 35.9 Å². The average Bonchev–Trinajstić information content (AvgIpc) is 3.22. The van der Waals surface area contributed by atoms with E-state index in [0.29, 0.717) is 26.2 Å². The van der Waals surface area contributed by atoms with Gasteiger partial charge in [-0.15, -0.1) is 0 Å². The summed E-state index contributed by atoms with van der Waals surface area (Å²) in [5.74, 6) is -0.150. The number of ether oxygens (including phenoxy) is 2. The molecule has 0 spiro atoms. The van der Waals surface area contributed by atoms with E-state index in [1.807, 2.05) is 30.3 Å². The SMILES string of the molecule is CC(=O)NCC1CN(c2ccc(C3=CCN4C(=O)OCC4C3)cc2)C(=O)O1. The summed E-state index contributed by atoms with van der Waals surface area (Å²) in [6, 6.07) is 7.83. The maximum Gasteiger partial charge on any atom is 0.414 e. The van der Waals surface area contributed by atoms with Gasteiger partial charge in [0, 0.05) is 19.2 Å². The molecule has 8 nitrogen and oxygen atoms in total. The smallest absolute Gasteiger partial charge is 0.414 e. The van der Waals surface area contributed by atoms with Crippen molar-refractivity contribution < 1.29 is 23.9 Å². The highest BCUT2D eigenvalue weighted by atomic mass is 16.6. The third kappa shape index (κ3) is 3.47. The second-order valence-electron chi connectivity index (χ2n) is 6.92. The Kier molecular flexibility index (Phi) is 4.47. The van der Waals surface area contributed by atoms with Crippen molar-refractivity contribution in [2.24, 2.45) is 0 Å².